The van der Waals surface area contributed by atoms with E-state index in [4.69, 9.17) is 47.4 Å². The molecule has 2 fully saturated rings. The lowest BCUT2D eigenvalue weighted by Gasteiger charge is -2.48. The number of carboxylic acid groups (broad SMARTS) is 1. The molecule has 0 aliphatic carbocycles. The average molecular weight is 1090 g/mol. The number of aliphatic carboxylic acids is 1. The number of esters is 4. The molecule has 23 nitrogen and oxygen atoms in total. The van der Waals surface area contributed by atoms with Crippen molar-refractivity contribution < 1.29 is 81.2 Å². The fourth-order valence-corrected chi connectivity index (χ4v) is 9.43. The molecule has 2 aliphatic heterocycles. The van der Waals surface area contributed by atoms with E-state index in [0.717, 1.165) is 13.8 Å². The molecule has 6 rings (SSSR count). The van der Waals surface area contributed by atoms with Crippen molar-refractivity contribution in [1.82, 2.24) is 19.8 Å². The Labute approximate surface area is 450 Å². The maximum atomic E-state index is 13.7. The minimum absolute atomic E-state index is 0.0478. The second-order valence-electron chi connectivity index (χ2n) is 19.0. The summed E-state index contributed by atoms with van der Waals surface area (Å²) in [5, 5.41) is 12.1. The first-order chi connectivity index (χ1) is 37.3. The maximum absolute atomic E-state index is 13.7. The number of carboxylic acids is 1. The normalized spacial score (nSPS) is 21.4. The van der Waals surface area contributed by atoms with Crippen LogP contribution in [0, 0.1) is 6.92 Å². The van der Waals surface area contributed by atoms with Crippen molar-refractivity contribution in [3.8, 4) is 11.5 Å². The number of carbonyl (C=O) groups is 6. The van der Waals surface area contributed by atoms with E-state index in [1.807, 2.05) is 59.5 Å². The Morgan fingerprint density at radius 3 is 1.96 bits per heavy atom. The highest BCUT2D eigenvalue weighted by Gasteiger charge is 2.52. The fourth-order valence-electron chi connectivity index (χ4n) is 9.43. The molecule has 0 spiro atoms. The quantitative estimate of drug-likeness (QED) is 0.0350. The summed E-state index contributed by atoms with van der Waals surface area (Å²) < 4.78 is 61.2. The van der Waals surface area contributed by atoms with Crippen LogP contribution in [0.5, 0.6) is 11.5 Å². The van der Waals surface area contributed by atoms with E-state index in [2.05, 4.69) is 10.3 Å². The third kappa shape index (κ3) is 15.8. The number of H-pyrrole nitrogens is 1. The highest BCUT2D eigenvalue weighted by Crippen LogP contribution is 2.43. The second-order valence-corrected chi connectivity index (χ2v) is 19.0. The summed E-state index contributed by atoms with van der Waals surface area (Å²) in [6.07, 6.45) is -4.20. The molecule has 0 unspecified atom stereocenters. The van der Waals surface area contributed by atoms with Crippen LogP contribution in [0.25, 0.3) is 0 Å². The first kappa shape index (κ1) is 59.8. The zero-order valence-electron chi connectivity index (χ0n) is 44.7. The summed E-state index contributed by atoms with van der Waals surface area (Å²) in [6.45, 7) is 5.68. The van der Waals surface area contributed by atoms with Gasteiger partial charge in [0.1, 0.15) is 48.1 Å². The molecule has 0 bridgehead atoms. The average Bonchev–Trinajstić information content (AvgIpc) is 3.52. The lowest BCUT2D eigenvalue weighted by molar-refractivity contribution is -0.277. The number of benzene rings is 3. The number of amides is 1. The zero-order valence-corrected chi connectivity index (χ0v) is 44.7. The highest BCUT2D eigenvalue weighted by molar-refractivity contribution is 5.76. The summed E-state index contributed by atoms with van der Waals surface area (Å²) in [5.41, 5.74) is -2.04. The zero-order chi connectivity index (χ0) is 56.6. The Morgan fingerprint density at radius 1 is 0.769 bits per heavy atom. The third-order valence-corrected chi connectivity index (χ3v) is 13.0. The molecule has 23 heteroatoms. The molecule has 4 aromatic rings. The van der Waals surface area contributed by atoms with Gasteiger partial charge < -0.3 is 57.8 Å². The third-order valence-electron chi connectivity index (χ3n) is 13.0. The van der Waals surface area contributed by atoms with Crippen LogP contribution in [-0.2, 0) is 72.3 Å². The predicted molar refractivity (Wildman–Crippen MR) is 275 cm³/mol. The van der Waals surface area contributed by atoms with E-state index in [0.29, 0.717) is 54.0 Å². The van der Waals surface area contributed by atoms with E-state index in [-0.39, 0.29) is 31.9 Å². The molecule has 2 aliphatic rings. The Morgan fingerprint density at radius 2 is 1.38 bits per heavy atom. The van der Waals surface area contributed by atoms with Crippen LogP contribution in [0.4, 0.5) is 0 Å². The number of carbonyl (C=O) groups excluding carboxylic acids is 5. The fraction of sp³-hybridized carbons (Fsp3) is 0.491. The van der Waals surface area contributed by atoms with E-state index in [1.54, 1.807) is 45.4 Å². The number of hydrogen-bond acceptors (Lipinski definition) is 19. The predicted octanol–water partition coefficient (Wildman–Crippen LogP) is 3.69. The van der Waals surface area contributed by atoms with Gasteiger partial charge in [0.25, 0.3) is 5.56 Å². The number of unbranched alkanes of at least 4 members (excludes halogenated alkanes) is 2. The number of nitrogens with one attached hydrogen (secondary N) is 2. The van der Waals surface area contributed by atoms with Gasteiger partial charge in [-0.15, -0.1) is 0 Å². The van der Waals surface area contributed by atoms with Gasteiger partial charge in [-0.05, 0) is 73.7 Å². The molecule has 3 N–H and O–H groups in total. The number of rotatable bonds is 26. The van der Waals surface area contributed by atoms with Crippen LogP contribution < -0.4 is 26.0 Å². The summed E-state index contributed by atoms with van der Waals surface area (Å²) in [4.78, 5) is 105. The number of aromatic nitrogens is 2. The van der Waals surface area contributed by atoms with Gasteiger partial charge in [0, 0.05) is 59.2 Å². The SMILES string of the molecule is COc1ccc(C(OC[C@]2(COC(=O)CCC(=O)O)CN(CCCCCO[C@@H]3O[C@H](COC(C)=O)[C@H](OC(C)=O)[C@H](OC(C)=O)[C@H]3NC(C)=O)C[C@H](n3cc(C)c(=O)[nH]c3=O)O2)(c2ccccc2)c2ccc(OC)cc2)cc1. The number of hydrogen-bond donors (Lipinski definition) is 3. The lowest BCUT2D eigenvalue weighted by atomic mass is 9.79. The monoisotopic (exact) mass is 1090 g/mol. The van der Waals surface area contributed by atoms with Crippen LogP contribution in [0.2, 0.25) is 0 Å². The van der Waals surface area contributed by atoms with Crippen molar-refractivity contribution in [3.63, 3.8) is 0 Å². The summed E-state index contributed by atoms with van der Waals surface area (Å²) in [7, 11) is 3.11. The summed E-state index contributed by atoms with van der Waals surface area (Å²) >= 11 is 0. The maximum Gasteiger partial charge on any atom is 0.330 e. The minimum atomic E-state index is -1.59. The van der Waals surface area contributed by atoms with Crippen molar-refractivity contribution in [2.45, 2.75) is 115 Å². The van der Waals surface area contributed by atoms with Gasteiger partial charge in [-0.25, -0.2) is 4.79 Å². The minimum Gasteiger partial charge on any atom is -0.497 e. The lowest BCUT2D eigenvalue weighted by Crippen LogP contribution is -2.66. The number of ether oxygens (including phenoxy) is 10. The summed E-state index contributed by atoms with van der Waals surface area (Å²) in [5.74, 6) is -3.50. The van der Waals surface area contributed by atoms with Gasteiger partial charge in [0.15, 0.2) is 24.7 Å². The molecule has 78 heavy (non-hydrogen) atoms. The Balaban J connectivity index is 1.32. The number of aryl methyl sites for hydroxylation is 1. The smallest absolute Gasteiger partial charge is 0.330 e. The molecule has 422 valence electrons. The van der Waals surface area contributed by atoms with Gasteiger partial charge >= 0.3 is 35.5 Å². The van der Waals surface area contributed by atoms with Crippen LogP contribution in [0.1, 0.15) is 88.3 Å². The van der Waals surface area contributed by atoms with Crippen LogP contribution >= 0.6 is 0 Å². The van der Waals surface area contributed by atoms with E-state index in [9.17, 15) is 43.5 Å². The largest absolute Gasteiger partial charge is 0.497 e. The molecule has 2 saturated heterocycles. The molecule has 0 saturated carbocycles. The van der Waals surface area contributed by atoms with Crippen LogP contribution in [0.3, 0.4) is 0 Å². The van der Waals surface area contributed by atoms with Crippen molar-refractivity contribution >= 4 is 35.8 Å². The van der Waals surface area contributed by atoms with Gasteiger partial charge in [-0.2, -0.15) is 0 Å². The van der Waals surface area contributed by atoms with Crippen LogP contribution in [-0.4, -0.2) is 152 Å². The molecule has 3 heterocycles. The second kappa shape index (κ2) is 27.7. The van der Waals surface area contributed by atoms with E-state index >= 15 is 0 Å². The Kier molecular flexibility index (Phi) is 21.3. The topological polar surface area (TPSA) is 285 Å². The molecule has 0 radical (unpaired) electrons. The molecule has 3 aromatic carbocycles. The van der Waals surface area contributed by atoms with E-state index in [1.165, 1.54) is 24.6 Å². The van der Waals surface area contributed by atoms with Crippen molar-refractivity contribution in [3.05, 3.63) is 128 Å². The van der Waals surface area contributed by atoms with E-state index < -0.39 is 121 Å². The molecular formula is C55H68N4O19. The first-order valence-electron chi connectivity index (χ1n) is 25.4. The molecular weight excluding hydrogens is 1020 g/mol. The highest BCUT2D eigenvalue weighted by atomic mass is 16.7. The molecule has 7 atom stereocenters. The first-order valence-corrected chi connectivity index (χ1v) is 25.4. The Bertz CT molecular complexity index is 2760. The summed E-state index contributed by atoms with van der Waals surface area (Å²) in [6, 6.07) is 23.0. The molecule has 1 amide bonds. The standard InChI is InChI=1S/C55H68N4O19/c1-34-28-59(53(68)57-51(34)67)45-29-58(26-12-9-13-27-71-52-48(56-35(2)60)50(76-38(5)63)49(75-37(4)62)44(77-52)30-72-36(3)61)31-54(78-45,32-73-47(66)25-24-46(64)65)33-74-55(39-14-10-8-11-15-39,40-16-20-42(69-6)21-17-40)41-18-22-43(70-7)23-19-41/h8,10-11,14-23,28,44-45,48-50,52H,9,12-13,24-27,29-33H2,1-7H3,(H,56,60)(H,64,65)(H,57,67,68)/t44-,45-,48-,49+,50-,52-,54-/m1/s1. The molecule has 1 aromatic heterocycles. The number of aromatic amines is 1. The van der Waals surface area contributed by atoms with Crippen molar-refractivity contribution in [2.75, 3.05) is 60.3 Å². The van der Waals surface area contributed by atoms with Crippen molar-refractivity contribution in [2.24, 2.45) is 0 Å². The number of nitrogens with zero attached hydrogens (tertiary/aromatic N) is 2. The number of morpholine rings is 1. The van der Waals surface area contributed by atoms with Gasteiger partial charge in [0.2, 0.25) is 5.91 Å². The van der Waals surface area contributed by atoms with Gasteiger partial charge in [-0.3, -0.25) is 48.0 Å². The van der Waals surface area contributed by atoms with Gasteiger partial charge in [0.05, 0.1) is 33.7 Å². The Hall–Kier alpha value is -7.44. The van der Waals surface area contributed by atoms with Crippen LogP contribution in [0.15, 0.2) is 94.6 Å². The number of methoxy groups -OCH3 is 2. The van der Waals surface area contributed by atoms with Crippen molar-refractivity contribution in [1.29, 1.82) is 0 Å². The van der Waals surface area contributed by atoms with Gasteiger partial charge in [-0.1, -0.05) is 54.6 Å².